The van der Waals surface area contributed by atoms with Gasteiger partial charge >= 0.3 is 0 Å². The summed E-state index contributed by atoms with van der Waals surface area (Å²) in [4.78, 5) is 17.9. The van der Waals surface area contributed by atoms with Gasteiger partial charge in [-0.3, -0.25) is 4.90 Å². The summed E-state index contributed by atoms with van der Waals surface area (Å²) in [6.07, 6.45) is 3.70. The lowest BCUT2D eigenvalue weighted by molar-refractivity contribution is 0.175. The molecule has 0 aliphatic carbocycles. The van der Waals surface area contributed by atoms with Crippen LogP contribution in [0.1, 0.15) is 12.5 Å². The number of benzene rings is 1. The van der Waals surface area contributed by atoms with Crippen molar-refractivity contribution in [2.24, 2.45) is 0 Å². The third kappa shape index (κ3) is 8.13. The zero-order valence-corrected chi connectivity index (χ0v) is 24.9. The minimum absolute atomic E-state index is 0.278. The van der Waals surface area contributed by atoms with Crippen LogP contribution < -0.4 is 15.5 Å². The predicted octanol–water partition coefficient (Wildman–Crippen LogP) is 4.05. The summed E-state index contributed by atoms with van der Waals surface area (Å²) in [7, 11) is 4.20. The Kier molecular flexibility index (Phi) is 10.3. The van der Waals surface area contributed by atoms with Gasteiger partial charge in [0, 0.05) is 82.3 Å². The smallest absolute Gasteiger partial charge is 0.135 e. The fourth-order valence-corrected chi connectivity index (χ4v) is 5.64. The molecule has 0 spiro atoms. The Bertz CT molecular complexity index is 1290. The number of rotatable bonds is 9. The highest BCUT2D eigenvalue weighted by atomic mass is 32.2. The summed E-state index contributed by atoms with van der Waals surface area (Å²) in [6.45, 7) is 16.8. The molecule has 0 amide bonds. The molecular formula is C31H42N8S. The van der Waals surface area contributed by atoms with E-state index in [2.05, 4.69) is 96.5 Å². The van der Waals surface area contributed by atoms with Crippen molar-refractivity contribution in [3.8, 4) is 11.8 Å². The monoisotopic (exact) mass is 558 g/mol. The van der Waals surface area contributed by atoms with Crippen molar-refractivity contribution in [1.29, 1.82) is 0 Å². The highest BCUT2D eigenvalue weighted by molar-refractivity contribution is 8.14. The molecule has 2 saturated heterocycles. The average Bonchev–Trinajstić information content (AvgIpc) is 2.97. The standard InChI is InChI=1S/C31H42N8S/c1-7-29(35-30-23-31(33-24-32-30)39-19-21-40(6)22-20-39)27-10-12-28(13-11-27)34-26(3)38-17-15-37(16-18-38)14-8-9-25(2)36(4)5/h7,10-13,23-24,34H,2-3,6,14-22H2,1,4-5H3,(H,32,33,35)/b29-7-. The Morgan fingerprint density at radius 2 is 1.73 bits per heavy atom. The maximum Gasteiger partial charge on any atom is 0.135 e. The second-order valence-corrected chi connectivity index (χ2v) is 12.2. The normalized spacial score (nSPS) is 16.6. The SMILES string of the molecule is C=C(C#CCN1CCN(C(=C)Nc2ccc(/C(=C/C)Nc3cc(N4CCS(=C)CC4)ncn3)cc2)CC1)N(C)C. The van der Waals surface area contributed by atoms with E-state index in [-0.39, 0.29) is 10.5 Å². The van der Waals surface area contributed by atoms with Crippen molar-refractivity contribution in [2.45, 2.75) is 6.92 Å². The molecule has 0 bridgehead atoms. The Labute approximate surface area is 242 Å². The van der Waals surface area contributed by atoms with Crippen molar-refractivity contribution >= 4 is 39.4 Å². The van der Waals surface area contributed by atoms with E-state index >= 15 is 0 Å². The minimum Gasteiger partial charge on any atom is -0.371 e. The quantitative estimate of drug-likeness (QED) is 0.353. The number of nitrogens with zero attached hydrogens (tertiary/aromatic N) is 6. The fraction of sp³-hybridized carbons (Fsp3) is 0.387. The van der Waals surface area contributed by atoms with Gasteiger partial charge in [0.25, 0.3) is 0 Å². The second-order valence-electron chi connectivity index (χ2n) is 10.2. The molecule has 0 unspecified atom stereocenters. The molecule has 1 aromatic heterocycles. The Morgan fingerprint density at radius 1 is 1.02 bits per heavy atom. The van der Waals surface area contributed by atoms with Gasteiger partial charge < -0.3 is 25.3 Å². The van der Waals surface area contributed by atoms with Crippen LogP contribution in [0.15, 0.2) is 67.4 Å². The molecule has 0 saturated carbocycles. The first-order chi connectivity index (χ1) is 19.3. The molecule has 8 nitrogen and oxygen atoms in total. The van der Waals surface area contributed by atoms with E-state index in [1.807, 2.05) is 32.0 Å². The first-order valence-electron chi connectivity index (χ1n) is 13.7. The summed E-state index contributed by atoms with van der Waals surface area (Å²) < 4.78 is 0. The number of piperazine rings is 1. The molecule has 2 aromatic rings. The van der Waals surface area contributed by atoms with E-state index < -0.39 is 0 Å². The van der Waals surface area contributed by atoms with Gasteiger partial charge in [0.1, 0.15) is 18.0 Å². The van der Waals surface area contributed by atoms with Gasteiger partial charge in [0.2, 0.25) is 0 Å². The highest BCUT2D eigenvalue weighted by Gasteiger charge is 2.18. The first kappa shape index (κ1) is 29.2. The van der Waals surface area contributed by atoms with E-state index in [4.69, 9.17) is 0 Å². The molecule has 0 radical (unpaired) electrons. The molecule has 2 fully saturated rings. The minimum atomic E-state index is 0.278. The zero-order chi connectivity index (χ0) is 28.5. The number of nitrogens with one attached hydrogen (secondary N) is 2. The van der Waals surface area contributed by atoms with Crippen LogP contribution in [-0.4, -0.2) is 102 Å². The molecule has 3 heterocycles. The van der Waals surface area contributed by atoms with Crippen LogP contribution in [0.2, 0.25) is 0 Å². The van der Waals surface area contributed by atoms with Crippen LogP contribution in [-0.2, 0) is 0 Å². The molecule has 0 atom stereocenters. The lowest BCUT2D eigenvalue weighted by Crippen LogP contribution is -2.46. The second kappa shape index (κ2) is 14.1. The molecule has 1 aromatic carbocycles. The van der Waals surface area contributed by atoms with Gasteiger partial charge in [-0.1, -0.05) is 43.2 Å². The van der Waals surface area contributed by atoms with Crippen molar-refractivity contribution in [1.82, 2.24) is 24.7 Å². The maximum atomic E-state index is 4.51. The number of hydrogen-bond donors (Lipinski definition) is 2. The van der Waals surface area contributed by atoms with Gasteiger partial charge in [-0.15, -0.1) is 0 Å². The van der Waals surface area contributed by atoms with Gasteiger partial charge in [-0.2, -0.15) is 10.5 Å². The van der Waals surface area contributed by atoms with Crippen molar-refractivity contribution in [3.05, 3.63) is 73.0 Å². The molecule has 2 N–H and O–H groups in total. The van der Waals surface area contributed by atoms with Gasteiger partial charge in [-0.25, -0.2) is 9.97 Å². The number of hydrogen-bond acceptors (Lipinski definition) is 8. The molecule has 4 rings (SSSR count). The summed E-state index contributed by atoms with van der Waals surface area (Å²) >= 11 is 0. The van der Waals surface area contributed by atoms with E-state index in [1.165, 1.54) is 0 Å². The van der Waals surface area contributed by atoms with Crippen LogP contribution >= 0.6 is 10.5 Å². The number of allylic oxidation sites excluding steroid dienone is 2. The Hall–Kier alpha value is -3.74. The summed E-state index contributed by atoms with van der Waals surface area (Å²) in [5.74, 6) is 15.5. The van der Waals surface area contributed by atoms with E-state index in [9.17, 15) is 0 Å². The molecular weight excluding hydrogens is 516 g/mol. The van der Waals surface area contributed by atoms with Gasteiger partial charge in [0.15, 0.2) is 0 Å². The lowest BCUT2D eigenvalue weighted by atomic mass is 10.1. The predicted molar refractivity (Wildman–Crippen MR) is 174 cm³/mol. The van der Waals surface area contributed by atoms with Crippen molar-refractivity contribution < 1.29 is 0 Å². The zero-order valence-electron chi connectivity index (χ0n) is 24.1. The van der Waals surface area contributed by atoms with Crippen molar-refractivity contribution in [2.75, 3.05) is 86.9 Å². The highest BCUT2D eigenvalue weighted by Crippen LogP contribution is 2.24. The lowest BCUT2D eigenvalue weighted by Gasteiger charge is -2.36. The maximum absolute atomic E-state index is 4.51. The van der Waals surface area contributed by atoms with Gasteiger partial charge in [-0.05, 0) is 30.5 Å². The number of aromatic nitrogens is 2. The fourth-order valence-electron chi connectivity index (χ4n) is 4.48. The van der Waals surface area contributed by atoms with Crippen LogP contribution in [0.5, 0.6) is 0 Å². The van der Waals surface area contributed by atoms with Crippen LogP contribution in [0.4, 0.5) is 17.3 Å². The summed E-state index contributed by atoms with van der Waals surface area (Å²) in [6, 6.07) is 10.4. The molecule has 2 aliphatic heterocycles. The first-order valence-corrected chi connectivity index (χ1v) is 15.4. The topological polar surface area (TPSA) is 62.8 Å². The molecule has 212 valence electrons. The van der Waals surface area contributed by atoms with E-state index in [0.29, 0.717) is 0 Å². The van der Waals surface area contributed by atoms with Crippen LogP contribution in [0.25, 0.3) is 5.70 Å². The summed E-state index contributed by atoms with van der Waals surface area (Å²) in [5.41, 5.74) is 3.94. The summed E-state index contributed by atoms with van der Waals surface area (Å²) in [5, 5.41) is 6.96. The van der Waals surface area contributed by atoms with Crippen molar-refractivity contribution in [3.63, 3.8) is 0 Å². The third-order valence-electron chi connectivity index (χ3n) is 7.14. The van der Waals surface area contributed by atoms with E-state index in [0.717, 1.165) is 97.4 Å². The average molecular weight is 559 g/mol. The van der Waals surface area contributed by atoms with Gasteiger partial charge in [0.05, 0.1) is 18.1 Å². The molecule has 40 heavy (non-hydrogen) atoms. The Balaban J connectivity index is 1.28. The van der Waals surface area contributed by atoms with Crippen LogP contribution in [0.3, 0.4) is 0 Å². The molecule has 9 heteroatoms. The largest absolute Gasteiger partial charge is 0.371 e. The van der Waals surface area contributed by atoms with E-state index in [1.54, 1.807) is 6.33 Å². The van der Waals surface area contributed by atoms with Crippen LogP contribution in [0, 0.1) is 11.8 Å². The number of anilines is 3. The Morgan fingerprint density at radius 3 is 2.38 bits per heavy atom. The molecule has 2 aliphatic rings. The third-order valence-corrected chi connectivity index (χ3v) is 8.66.